The van der Waals surface area contributed by atoms with Crippen LogP contribution in [0.2, 0.25) is 0 Å². The Kier molecular flexibility index (Phi) is 5.67. The van der Waals surface area contributed by atoms with Crippen LogP contribution < -0.4 is 5.32 Å². The molecular formula is C27H25N5O2. The van der Waals surface area contributed by atoms with Gasteiger partial charge in [-0.15, -0.1) is 0 Å². The summed E-state index contributed by atoms with van der Waals surface area (Å²) in [5.74, 6) is -0.0317. The number of aromatic nitrogens is 3. The number of carbonyl (C=O) groups excluding carboxylic acids is 2. The molecule has 7 heteroatoms. The minimum atomic E-state index is -0.348. The van der Waals surface area contributed by atoms with Gasteiger partial charge in [-0.3, -0.25) is 14.6 Å². The number of benzene rings is 1. The van der Waals surface area contributed by atoms with Crippen LogP contribution in [-0.4, -0.2) is 45.3 Å². The molecule has 34 heavy (non-hydrogen) atoms. The molecule has 2 amide bonds. The minimum Gasteiger partial charge on any atom is -0.357 e. The first-order valence-electron chi connectivity index (χ1n) is 11.3. The van der Waals surface area contributed by atoms with Crippen molar-refractivity contribution in [3.63, 3.8) is 0 Å². The second-order valence-electron chi connectivity index (χ2n) is 8.49. The fourth-order valence-corrected chi connectivity index (χ4v) is 4.35. The monoisotopic (exact) mass is 451 g/mol. The topological polar surface area (TPSA) is 91.0 Å². The molecular weight excluding hydrogens is 426 g/mol. The number of pyridine rings is 2. The Morgan fingerprint density at radius 1 is 1.03 bits per heavy atom. The van der Waals surface area contributed by atoms with Crippen molar-refractivity contribution in [2.75, 3.05) is 18.9 Å². The van der Waals surface area contributed by atoms with Crippen LogP contribution in [0.15, 0.2) is 73.2 Å². The number of amides is 2. The first-order chi connectivity index (χ1) is 16.5. The summed E-state index contributed by atoms with van der Waals surface area (Å²) in [7, 11) is 1.83. The quantitative estimate of drug-likeness (QED) is 0.467. The second kappa shape index (κ2) is 8.94. The second-order valence-corrected chi connectivity index (χ2v) is 8.49. The molecule has 1 aliphatic rings. The van der Waals surface area contributed by atoms with Gasteiger partial charge in [0.2, 0.25) is 5.91 Å². The molecule has 1 aliphatic heterocycles. The lowest BCUT2D eigenvalue weighted by Gasteiger charge is -2.23. The molecule has 1 aromatic carbocycles. The summed E-state index contributed by atoms with van der Waals surface area (Å²) in [5, 5.41) is 2.93. The number of fused-ring (bicyclic) bond motifs is 1. The number of likely N-dealkylation sites (N-methyl/N-ethyl adjacent to an activating group) is 1. The Bertz CT molecular complexity index is 1350. The van der Waals surface area contributed by atoms with Gasteiger partial charge < -0.3 is 15.2 Å². The van der Waals surface area contributed by atoms with E-state index in [0.29, 0.717) is 17.9 Å². The molecule has 4 heterocycles. The summed E-state index contributed by atoms with van der Waals surface area (Å²) in [6.45, 7) is 2.52. The van der Waals surface area contributed by atoms with Crippen molar-refractivity contribution in [3.8, 4) is 22.4 Å². The Labute approximate surface area is 197 Å². The molecule has 0 fully saturated rings. The number of carbonyl (C=O) groups is 2. The number of nitrogens with zero attached hydrogens (tertiary/aromatic N) is 3. The largest absolute Gasteiger partial charge is 0.357 e. The van der Waals surface area contributed by atoms with E-state index in [4.69, 9.17) is 0 Å². The summed E-state index contributed by atoms with van der Waals surface area (Å²) in [6, 6.07) is 17.3. The average Bonchev–Trinajstić information content (AvgIpc) is 3.27. The number of nitrogens with one attached hydrogen (secondary N) is 2. The van der Waals surface area contributed by atoms with Crippen LogP contribution >= 0.6 is 0 Å². The Morgan fingerprint density at radius 3 is 2.56 bits per heavy atom. The molecule has 3 aromatic heterocycles. The van der Waals surface area contributed by atoms with Crippen LogP contribution in [0.4, 0.5) is 5.82 Å². The Morgan fingerprint density at radius 2 is 1.79 bits per heavy atom. The van der Waals surface area contributed by atoms with Crippen LogP contribution in [0.5, 0.6) is 0 Å². The van der Waals surface area contributed by atoms with Crippen LogP contribution in [0.3, 0.4) is 0 Å². The van der Waals surface area contributed by atoms with Crippen molar-refractivity contribution in [3.05, 3.63) is 90.0 Å². The third-order valence-corrected chi connectivity index (χ3v) is 6.30. The van der Waals surface area contributed by atoms with Crippen molar-refractivity contribution < 1.29 is 9.59 Å². The van der Waals surface area contributed by atoms with Crippen molar-refractivity contribution in [1.82, 2.24) is 19.9 Å². The van der Waals surface area contributed by atoms with Gasteiger partial charge in [-0.05, 0) is 42.3 Å². The van der Waals surface area contributed by atoms with Crippen LogP contribution in [0.25, 0.3) is 22.4 Å². The van der Waals surface area contributed by atoms with Gasteiger partial charge in [0.25, 0.3) is 5.91 Å². The maximum absolute atomic E-state index is 13.1. The highest BCUT2D eigenvalue weighted by atomic mass is 16.2. The smallest absolute Gasteiger partial charge is 0.256 e. The van der Waals surface area contributed by atoms with Gasteiger partial charge in [0.05, 0.1) is 17.2 Å². The highest BCUT2D eigenvalue weighted by Crippen LogP contribution is 2.39. The molecule has 4 aromatic rings. The van der Waals surface area contributed by atoms with Gasteiger partial charge >= 0.3 is 0 Å². The van der Waals surface area contributed by atoms with Gasteiger partial charge in [0.1, 0.15) is 5.82 Å². The molecule has 1 atom stereocenters. The summed E-state index contributed by atoms with van der Waals surface area (Å²) in [6.07, 6.45) is 5.78. The standard InChI is InChI=1S/C27H25N5O2/c1-17(18-8-12-28-13-9-18)26(33)31-22-16-20(10-14-29-22)25-23(19-6-4-3-5-7-19)24-21(30-25)11-15-32(2)27(24)34/h3-10,12-14,16-17,30H,11,15H2,1-2H3,(H,29,31,33)/t17-/m0/s1. The van der Waals surface area contributed by atoms with E-state index in [1.165, 1.54) is 0 Å². The average molecular weight is 452 g/mol. The maximum Gasteiger partial charge on any atom is 0.256 e. The third kappa shape index (κ3) is 3.96. The van der Waals surface area contributed by atoms with Crippen molar-refractivity contribution >= 4 is 17.6 Å². The lowest BCUT2D eigenvalue weighted by Crippen LogP contribution is -2.34. The van der Waals surface area contributed by atoms with Crippen molar-refractivity contribution in [2.24, 2.45) is 0 Å². The van der Waals surface area contributed by atoms with E-state index in [2.05, 4.69) is 20.3 Å². The zero-order chi connectivity index (χ0) is 23.7. The fourth-order valence-electron chi connectivity index (χ4n) is 4.35. The molecule has 0 saturated heterocycles. The Balaban J connectivity index is 1.53. The van der Waals surface area contributed by atoms with E-state index in [1.54, 1.807) is 23.5 Å². The molecule has 0 saturated carbocycles. The lowest BCUT2D eigenvalue weighted by atomic mass is 9.94. The zero-order valence-electron chi connectivity index (χ0n) is 19.1. The highest BCUT2D eigenvalue weighted by molar-refractivity contribution is 6.06. The maximum atomic E-state index is 13.1. The van der Waals surface area contributed by atoms with Gasteiger partial charge in [0, 0.05) is 55.4 Å². The SMILES string of the molecule is C[C@H](C(=O)Nc1cc(-c2[nH]c3c(c2-c2ccccc2)C(=O)N(C)CC3)ccn1)c1ccncc1. The fraction of sp³-hybridized carbons (Fsp3) is 0.185. The molecule has 0 bridgehead atoms. The summed E-state index contributed by atoms with van der Waals surface area (Å²) < 4.78 is 0. The van der Waals surface area contributed by atoms with E-state index in [-0.39, 0.29) is 17.7 Å². The van der Waals surface area contributed by atoms with E-state index >= 15 is 0 Å². The normalized spacial score (nSPS) is 13.9. The van der Waals surface area contributed by atoms with E-state index in [1.807, 2.05) is 68.6 Å². The van der Waals surface area contributed by atoms with Gasteiger partial charge in [-0.2, -0.15) is 0 Å². The predicted molar refractivity (Wildman–Crippen MR) is 131 cm³/mol. The molecule has 7 nitrogen and oxygen atoms in total. The molecule has 0 spiro atoms. The number of anilines is 1. The van der Waals surface area contributed by atoms with Crippen molar-refractivity contribution in [2.45, 2.75) is 19.3 Å². The molecule has 0 aliphatic carbocycles. The van der Waals surface area contributed by atoms with E-state index in [0.717, 1.165) is 40.1 Å². The van der Waals surface area contributed by atoms with Gasteiger partial charge in [-0.25, -0.2) is 4.98 Å². The molecule has 0 radical (unpaired) electrons. The number of rotatable bonds is 5. The number of hydrogen-bond donors (Lipinski definition) is 2. The summed E-state index contributed by atoms with van der Waals surface area (Å²) in [4.78, 5) is 39.6. The number of H-pyrrole nitrogens is 1. The number of aromatic amines is 1. The first-order valence-corrected chi connectivity index (χ1v) is 11.3. The summed E-state index contributed by atoms with van der Waals surface area (Å²) >= 11 is 0. The van der Waals surface area contributed by atoms with Gasteiger partial charge in [0.15, 0.2) is 0 Å². The van der Waals surface area contributed by atoms with E-state index < -0.39 is 0 Å². The van der Waals surface area contributed by atoms with Crippen molar-refractivity contribution in [1.29, 1.82) is 0 Å². The van der Waals surface area contributed by atoms with E-state index in [9.17, 15) is 9.59 Å². The zero-order valence-corrected chi connectivity index (χ0v) is 19.1. The van der Waals surface area contributed by atoms with Gasteiger partial charge in [-0.1, -0.05) is 30.3 Å². The first kappa shape index (κ1) is 21.6. The minimum absolute atomic E-state index is 0.0105. The lowest BCUT2D eigenvalue weighted by molar-refractivity contribution is -0.117. The summed E-state index contributed by atoms with van der Waals surface area (Å²) in [5.41, 5.74) is 6.07. The van der Waals surface area contributed by atoms with Crippen LogP contribution in [-0.2, 0) is 11.2 Å². The Hall–Kier alpha value is -4.26. The molecule has 170 valence electrons. The predicted octanol–water partition coefficient (Wildman–Crippen LogP) is 4.51. The molecule has 2 N–H and O–H groups in total. The molecule has 5 rings (SSSR count). The number of hydrogen-bond acceptors (Lipinski definition) is 4. The highest BCUT2D eigenvalue weighted by Gasteiger charge is 2.30. The van der Waals surface area contributed by atoms with Crippen LogP contribution in [0.1, 0.15) is 34.5 Å². The van der Waals surface area contributed by atoms with Crippen LogP contribution in [0, 0.1) is 0 Å². The third-order valence-electron chi connectivity index (χ3n) is 6.30. The molecule has 0 unspecified atom stereocenters.